The van der Waals surface area contributed by atoms with Crippen LogP contribution in [0.25, 0.3) is 0 Å². The molecule has 2 unspecified atom stereocenters. The first-order valence-electron chi connectivity index (χ1n) is 8.52. The largest absolute Gasteiger partial charge is 0.353 e. The maximum absolute atomic E-state index is 12.0. The molecule has 6 nitrogen and oxygen atoms in total. The molecule has 1 aromatic carbocycles. The van der Waals surface area contributed by atoms with E-state index in [-0.39, 0.29) is 24.9 Å². The second kappa shape index (κ2) is 11.8. The van der Waals surface area contributed by atoms with E-state index in [0.717, 1.165) is 11.1 Å². The molecule has 0 aromatic heterocycles. The fraction of sp³-hybridized carbons (Fsp3) is 0.300. The summed E-state index contributed by atoms with van der Waals surface area (Å²) in [5.41, 5.74) is 13.6. The average Bonchev–Trinajstić information content (AvgIpc) is 2.65. The zero-order chi connectivity index (χ0) is 19.4. The first-order chi connectivity index (χ1) is 12.5. The van der Waals surface area contributed by atoms with Crippen molar-refractivity contribution in [3.63, 3.8) is 0 Å². The quantitative estimate of drug-likeness (QED) is 0.347. The third-order valence-electron chi connectivity index (χ3n) is 3.75. The molecule has 0 radical (unpaired) electrons. The number of nitrogens with two attached hydrogens (primary N) is 2. The van der Waals surface area contributed by atoms with Gasteiger partial charge >= 0.3 is 0 Å². The van der Waals surface area contributed by atoms with Crippen LogP contribution in [0.1, 0.15) is 12.0 Å². The number of carbonyl (C=O) groups is 2. The van der Waals surface area contributed by atoms with Gasteiger partial charge in [-0.15, -0.1) is 0 Å². The molecule has 0 heterocycles. The van der Waals surface area contributed by atoms with Crippen LogP contribution in [0.5, 0.6) is 0 Å². The lowest BCUT2D eigenvalue weighted by Crippen LogP contribution is -2.46. The summed E-state index contributed by atoms with van der Waals surface area (Å²) in [5.74, 6) is -0.542. The van der Waals surface area contributed by atoms with Gasteiger partial charge in [-0.05, 0) is 24.0 Å². The van der Waals surface area contributed by atoms with Crippen molar-refractivity contribution in [2.45, 2.75) is 24.9 Å². The van der Waals surface area contributed by atoms with Gasteiger partial charge in [0.25, 0.3) is 0 Å². The molecule has 0 aliphatic carbocycles. The maximum atomic E-state index is 12.0. The van der Waals surface area contributed by atoms with Crippen molar-refractivity contribution in [3.8, 4) is 0 Å². The second-order valence-corrected chi connectivity index (χ2v) is 5.87. The molecular weight excluding hydrogens is 328 g/mol. The predicted octanol–water partition coefficient (Wildman–Crippen LogP) is 0.805. The van der Waals surface area contributed by atoms with E-state index in [1.54, 1.807) is 18.2 Å². The Balaban J connectivity index is 2.29. The Kier molecular flexibility index (Phi) is 9.67. The first-order valence-corrected chi connectivity index (χ1v) is 8.52. The van der Waals surface area contributed by atoms with Crippen LogP contribution < -0.4 is 22.1 Å². The summed E-state index contributed by atoms with van der Waals surface area (Å²) in [7, 11) is 0. The van der Waals surface area contributed by atoms with E-state index < -0.39 is 12.1 Å². The van der Waals surface area contributed by atoms with Crippen LogP contribution in [0.2, 0.25) is 0 Å². The molecule has 2 atom stereocenters. The number of rotatable bonds is 11. The Morgan fingerprint density at radius 3 is 2.12 bits per heavy atom. The van der Waals surface area contributed by atoms with E-state index in [9.17, 15) is 9.59 Å². The SMILES string of the molecule is C=C/C=C(\C=C)CC(N)C(=O)NCCNC(=O)C(N)Cc1ccccc1. The van der Waals surface area contributed by atoms with Gasteiger partial charge in [-0.3, -0.25) is 9.59 Å². The van der Waals surface area contributed by atoms with Gasteiger partial charge in [-0.25, -0.2) is 0 Å². The molecule has 2 amide bonds. The summed E-state index contributed by atoms with van der Waals surface area (Å²) in [6.45, 7) is 7.84. The van der Waals surface area contributed by atoms with Crippen LogP contribution >= 0.6 is 0 Å². The Hall–Kier alpha value is -2.70. The minimum atomic E-state index is -0.685. The number of nitrogens with one attached hydrogen (secondary N) is 2. The van der Waals surface area contributed by atoms with Crippen molar-refractivity contribution in [1.29, 1.82) is 0 Å². The Labute approximate surface area is 155 Å². The molecule has 6 N–H and O–H groups in total. The topological polar surface area (TPSA) is 110 Å². The zero-order valence-electron chi connectivity index (χ0n) is 15.0. The normalized spacial score (nSPS) is 13.4. The number of hydrogen-bond acceptors (Lipinski definition) is 4. The molecule has 0 aliphatic heterocycles. The molecular formula is C20H28N4O2. The Morgan fingerprint density at radius 2 is 1.58 bits per heavy atom. The third kappa shape index (κ3) is 7.92. The van der Waals surface area contributed by atoms with Crippen molar-refractivity contribution in [2.24, 2.45) is 11.5 Å². The standard InChI is InChI=1S/C20H28N4O2/c1-3-8-15(4-2)13-17(21)19(25)23-11-12-24-20(26)18(22)14-16-9-6-5-7-10-16/h3-10,17-18H,1-2,11-14,21-22H2,(H,23,25)(H,24,26)/b15-8+. The van der Waals surface area contributed by atoms with Crippen molar-refractivity contribution in [3.05, 3.63) is 72.9 Å². The number of carbonyl (C=O) groups excluding carboxylic acids is 2. The van der Waals surface area contributed by atoms with Crippen molar-refractivity contribution in [2.75, 3.05) is 13.1 Å². The smallest absolute Gasteiger partial charge is 0.237 e. The lowest BCUT2D eigenvalue weighted by atomic mass is 10.1. The van der Waals surface area contributed by atoms with Crippen LogP contribution in [0.15, 0.2) is 67.3 Å². The van der Waals surface area contributed by atoms with Gasteiger partial charge in [-0.1, -0.05) is 61.7 Å². The molecule has 26 heavy (non-hydrogen) atoms. The third-order valence-corrected chi connectivity index (χ3v) is 3.75. The molecule has 0 saturated carbocycles. The number of hydrogen-bond donors (Lipinski definition) is 4. The highest BCUT2D eigenvalue weighted by Crippen LogP contribution is 2.05. The summed E-state index contributed by atoms with van der Waals surface area (Å²) in [4.78, 5) is 23.9. The molecule has 0 fully saturated rings. The number of benzene rings is 1. The van der Waals surface area contributed by atoms with E-state index in [0.29, 0.717) is 12.8 Å². The maximum Gasteiger partial charge on any atom is 0.237 e. The van der Waals surface area contributed by atoms with Crippen LogP contribution in [0, 0.1) is 0 Å². The van der Waals surface area contributed by atoms with Gasteiger partial charge in [-0.2, -0.15) is 0 Å². The van der Waals surface area contributed by atoms with E-state index in [1.807, 2.05) is 30.3 Å². The van der Waals surface area contributed by atoms with E-state index in [1.165, 1.54) is 0 Å². The van der Waals surface area contributed by atoms with Gasteiger partial charge in [0.1, 0.15) is 0 Å². The van der Waals surface area contributed by atoms with Crippen LogP contribution in [0.3, 0.4) is 0 Å². The molecule has 1 rings (SSSR count). The Bertz CT molecular complexity index is 640. The Morgan fingerprint density at radius 1 is 1.00 bits per heavy atom. The minimum Gasteiger partial charge on any atom is -0.353 e. The molecule has 140 valence electrons. The fourth-order valence-electron chi connectivity index (χ4n) is 2.31. The van der Waals surface area contributed by atoms with Crippen molar-refractivity contribution >= 4 is 11.8 Å². The highest BCUT2D eigenvalue weighted by molar-refractivity contribution is 5.83. The number of amides is 2. The lowest BCUT2D eigenvalue weighted by Gasteiger charge is -2.15. The van der Waals surface area contributed by atoms with E-state index >= 15 is 0 Å². The molecule has 0 saturated heterocycles. The van der Waals surface area contributed by atoms with Gasteiger partial charge in [0.05, 0.1) is 12.1 Å². The van der Waals surface area contributed by atoms with Crippen LogP contribution in [0.4, 0.5) is 0 Å². The highest BCUT2D eigenvalue weighted by atomic mass is 16.2. The van der Waals surface area contributed by atoms with Gasteiger partial charge in [0.2, 0.25) is 11.8 Å². The first kappa shape index (κ1) is 21.3. The van der Waals surface area contributed by atoms with E-state index in [2.05, 4.69) is 23.8 Å². The summed E-state index contributed by atoms with van der Waals surface area (Å²) in [5, 5.41) is 5.40. The minimum absolute atomic E-state index is 0.254. The fourth-order valence-corrected chi connectivity index (χ4v) is 2.31. The van der Waals surface area contributed by atoms with Crippen LogP contribution in [-0.4, -0.2) is 37.0 Å². The summed E-state index contributed by atoms with van der Waals surface area (Å²) in [6, 6.07) is 8.25. The molecule has 6 heteroatoms. The number of allylic oxidation sites excluding steroid dienone is 3. The summed E-state index contributed by atoms with van der Waals surface area (Å²) >= 11 is 0. The van der Waals surface area contributed by atoms with Crippen molar-refractivity contribution < 1.29 is 9.59 Å². The lowest BCUT2D eigenvalue weighted by molar-refractivity contribution is -0.124. The van der Waals surface area contributed by atoms with E-state index in [4.69, 9.17) is 11.5 Å². The average molecular weight is 356 g/mol. The zero-order valence-corrected chi connectivity index (χ0v) is 15.0. The predicted molar refractivity (Wildman–Crippen MR) is 105 cm³/mol. The summed E-state index contributed by atoms with van der Waals surface area (Å²) < 4.78 is 0. The van der Waals surface area contributed by atoms with Gasteiger partial charge < -0.3 is 22.1 Å². The highest BCUT2D eigenvalue weighted by Gasteiger charge is 2.15. The molecule has 0 aliphatic rings. The molecule has 0 spiro atoms. The van der Waals surface area contributed by atoms with Crippen molar-refractivity contribution in [1.82, 2.24) is 10.6 Å². The summed E-state index contributed by atoms with van der Waals surface area (Å²) in [6.07, 6.45) is 5.85. The van der Waals surface area contributed by atoms with Gasteiger partial charge in [0, 0.05) is 13.1 Å². The molecule has 0 bridgehead atoms. The second-order valence-electron chi connectivity index (χ2n) is 5.87. The monoisotopic (exact) mass is 356 g/mol. The van der Waals surface area contributed by atoms with Gasteiger partial charge in [0.15, 0.2) is 0 Å². The molecule has 1 aromatic rings. The van der Waals surface area contributed by atoms with Crippen LogP contribution in [-0.2, 0) is 16.0 Å².